The number of carboxylic acids is 1. The van der Waals surface area contributed by atoms with Crippen LogP contribution in [0.5, 0.6) is 0 Å². The Hall–Kier alpha value is -2.16. The van der Waals surface area contributed by atoms with Crippen molar-refractivity contribution in [1.82, 2.24) is 10.3 Å². The van der Waals surface area contributed by atoms with Crippen molar-refractivity contribution >= 4 is 41.9 Å². The van der Waals surface area contributed by atoms with Gasteiger partial charge in [-0.2, -0.15) is 12.6 Å². The molecule has 0 saturated heterocycles. The van der Waals surface area contributed by atoms with Gasteiger partial charge in [-0.3, -0.25) is 9.59 Å². The van der Waals surface area contributed by atoms with Gasteiger partial charge in [-0.1, -0.05) is 30.4 Å². The first-order valence-corrected chi connectivity index (χ1v) is 11.9. The molecule has 1 aromatic rings. The molecule has 2 aliphatic rings. The standard InChI is InChI=1S/C24H30N2O4S2/c1-15-4-5-17(3)19(27)11-16(2)6-7-23(31,13-21(29)30)12-20(28)26-24(8-9-24)22-25-18(10-15)14-32-22/h4-5,10-11,14,19,27,31H,3,6-9,12-13H2,1-2H3,(H,26,28)(H,29,30)/t19-,23+/m1/s1. The number of nitrogens with one attached hydrogen (secondary N) is 1. The zero-order valence-electron chi connectivity index (χ0n) is 18.4. The molecular formula is C24H30N2O4S2. The van der Waals surface area contributed by atoms with Gasteiger partial charge in [0, 0.05) is 16.5 Å². The van der Waals surface area contributed by atoms with Crippen LogP contribution in [0.2, 0.25) is 0 Å². The van der Waals surface area contributed by atoms with E-state index in [4.69, 9.17) is 4.98 Å². The molecule has 0 unspecified atom stereocenters. The fourth-order valence-electron chi connectivity index (χ4n) is 3.73. The number of allylic oxidation sites excluding steroid dienone is 3. The van der Waals surface area contributed by atoms with E-state index in [0.717, 1.165) is 34.7 Å². The van der Waals surface area contributed by atoms with Crippen LogP contribution in [0.4, 0.5) is 0 Å². The minimum atomic E-state index is -0.998. The van der Waals surface area contributed by atoms with Crippen LogP contribution in [0.15, 0.2) is 46.9 Å². The Kier molecular flexibility index (Phi) is 7.47. The molecule has 172 valence electrons. The predicted octanol–water partition coefficient (Wildman–Crippen LogP) is 4.40. The molecule has 1 fully saturated rings. The molecule has 1 amide bonds. The molecule has 1 aliphatic heterocycles. The van der Waals surface area contributed by atoms with Crippen molar-refractivity contribution in [3.63, 3.8) is 0 Å². The molecule has 32 heavy (non-hydrogen) atoms. The number of aliphatic hydroxyl groups is 1. The first-order chi connectivity index (χ1) is 15.0. The maximum Gasteiger partial charge on any atom is 0.304 e. The number of thiazole rings is 1. The highest BCUT2D eigenvalue weighted by Crippen LogP contribution is 2.47. The molecule has 3 N–H and O–H groups in total. The number of hydrogen-bond acceptors (Lipinski definition) is 6. The Balaban J connectivity index is 1.93. The van der Waals surface area contributed by atoms with Gasteiger partial charge >= 0.3 is 5.97 Å². The van der Waals surface area contributed by atoms with E-state index in [2.05, 4.69) is 24.5 Å². The monoisotopic (exact) mass is 474 g/mol. The Morgan fingerprint density at radius 2 is 2.06 bits per heavy atom. The van der Waals surface area contributed by atoms with Crippen molar-refractivity contribution in [2.24, 2.45) is 0 Å². The van der Waals surface area contributed by atoms with E-state index in [-0.39, 0.29) is 18.7 Å². The molecule has 6 nitrogen and oxygen atoms in total. The number of nitrogens with zero attached hydrogens (tertiary/aromatic N) is 1. The number of aromatic nitrogens is 1. The Morgan fingerprint density at radius 1 is 1.34 bits per heavy atom. The van der Waals surface area contributed by atoms with Gasteiger partial charge in [0.2, 0.25) is 5.91 Å². The van der Waals surface area contributed by atoms with Gasteiger partial charge in [0.05, 0.1) is 23.8 Å². The fourth-order valence-corrected chi connectivity index (χ4v) is 5.11. The highest BCUT2D eigenvalue weighted by Gasteiger charge is 2.49. The SMILES string of the molecule is C=C1C=CC(C)=Cc2csc(n2)C2(CC2)NC(=O)C[C@](S)(CC(=O)O)CCC(C)=C[C@H]1O. The predicted molar refractivity (Wildman–Crippen MR) is 131 cm³/mol. The van der Waals surface area contributed by atoms with E-state index >= 15 is 0 Å². The average molecular weight is 475 g/mol. The van der Waals surface area contributed by atoms with Crippen LogP contribution in [0, 0.1) is 0 Å². The fraction of sp³-hybridized carbons (Fsp3) is 0.458. The lowest BCUT2D eigenvalue weighted by atomic mass is 9.91. The van der Waals surface area contributed by atoms with Gasteiger partial charge < -0.3 is 15.5 Å². The van der Waals surface area contributed by atoms with Gasteiger partial charge in [0.1, 0.15) is 5.01 Å². The number of carboxylic acid groups (broad SMARTS) is 1. The zero-order valence-corrected chi connectivity index (χ0v) is 20.1. The van der Waals surface area contributed by atoms with Gasteiger partial charge in [-0.05, 0) is 56.8 Å². The largest absolute Gasteiger partial charge is 0.481 e. The van der Waals surface area contributed by atoms with Gasteiger partial charge in [0.25, 0.3) is 0 Å². The van der Waals surface area contributed by atoms with E-state index in [0.29, 0.717) is 18.4 Å². The summed E-state index contributed by atoms with van der Waals surface area (Å²) in [5.74, 6) is -1.22. The van der Waals surface area contributed by atoms with Crippen molar-refractivity contribution in [3.8, 4) is 0 Å². The first kappa shape index (κ1) is 24.5. The summed E-state index contributed by atoms with van der Waals surface area (Å²) in [4.78, 5) is 29.1. The summed E-state index contributed by atoms with van der Waals surface area (Å²) in [6.07, 6.45) is 8.76. The van der Waals surface area contributed by atoms with Crippen LogP contribution in [0.1, 0.15) is 63.1 Å². The number of hydrogen-bond donors (Lipinski definition) is 4. The Morgan fingerprint density at radius 3 is 2.72 bits per heavy atom. The lowest BCUT2D eigenvalue weighted by molar-refractivity contribution is -0.137. The zero-order chi connectivity index (χ0) is 23.5. The number of carbonyl (C=O) groups is 2. The molecule has 3 rings (SSSR count). The van der Waals surface area contributed by atoms with Crippen molar-refractivity contribution in [1.29, 1.82) is 0 Å². The Bertz CT molecular complexity index is 1000. The molecule has 1 aliphatic carbocycles. The summed E-state index contributed by atoms with van der Waals surface area (Å²) < 4.78 is -0.998. The second kappa shape index (κ2) is 9.77. The van der Waals surface area contributed by atoms with Crippen molar-refractivity contribution in [3.05, 3.63) is 57.6 Å². The number of aliphatic hydroxyl groups excluding tert-OH is 1. The van der Waals surface area contributed by atoms with Crippen LogP contribution in [0.25, 0.3) is 6.08 Å². The van der Waals surface area contributed by atoms with Gasteiger partial charge in [-0.25, -0.2) is 4.98 Å². The molecule has 1 spiro atoms. The maximum atomic E-state index is 12.9. The van der Waals surface area contributed by atoms with Crippen molar-refractivity contribution < 1.29 is 19.8 Å². The minimum Gasteiger partial charge on any atom is -0.481 e. The highest BCUT2D eigenvalue weighted by molar-refractivity contribution is 7.81. The number of rotatable bonds is 2. The van der Waals surface area contributed by atoms with Crippen LogP contribution >= 0.6 is 24.0 Å². The van der Waals surface area contributed by atoms with Gasteiger partial charge in [-0.15, -0.1) is 11.3 Å². The topological polar surface area (TPSA) is 99.5 Å². The third-order valence-electron chi connectivity index (χ3n) is 5.77. The van der Waals surface area contributed by atoms with E-state index in [1.165, 1.54) is 11.3 Å². The highest BCUT2D eigenvalue weighted by atomic mass is 32.1. The smallest absolute Gasteiger partial charge is 0.304 e. The summed E-state index contributed by atoms with van der Waals surface area (Å²) in [6.45, 7) is 7.78. The van der Waals surface area contributed by atoms with Crippen molar-refractivity contribution in [2.75, 3.05) is 0 Å². The number of aliphatic carboxylic acids is 1. The number of carbonyl (C=O) groups excluding carboxylic acids is 1. The molecule has 0 aromatic carbocycles. The van der Waals surface area contributed by atoms with Crippen molar-refractivity contribution in [2.45, 2.75) is 68.8 Å². The van der Waals surface area contributed by atoms with Crippen LogP contribution in [0.3, 0.4) is 0 Å². The van der Waals surface area contributed by atoms with Gasteiger partial charge in [0.15, 0.2) is 0 Å². The second-order valence-corrected chi connectivity index (χ2v) is 10.7. The van der Waals surface area contributed by atoms with E-state index < -0.39 is 22.4 Å². The number of fused-ring (bicyclic) bond motifs is 3. The summed E-state index contributed by atoms with van der Waals surface area (Å²) in [5.41, 5.74) is 2.76. The van der Waals surface area contributed by atoms with E-state index in [1.807, 2.05) is 31.4 Å². The molecule has 2 atom stereocenters. The number of thiol groups is 1. The normalized spacial score (nSPS) is 26.6. The second-order valence-electron chi connectivity index (χ2n) is 8.93. The van der Waals surface area contributed by atoms with Crippen LogP contribution < -0.4 is 5.32 Å². The number of amides is 1. The van der Waals surface area contributed by atoms with E-state index in [1.54, 1.807) is 12.2 Å². The summed E-state index contributed by atoms with van der Waals surface area (Å²) in [6, 6.07) is 0. The third kappa shape index (κ3) is 6.43. The van der Waals surface area contributed by atoms with E-state index in [9.17, 15) is 19.8 Å². The first-order valence-electron chi connectivity index (χ1n) is 10.6. The lowest BCUT2D eigenvalue weighted by Gasteiger charge is -2.28. The molecule has 2 heterocycles. The molecular weight excluding hydrogens is 444 g/mol. The molecule has 0 radical (unpaired) electrons. The maximum absolute atomic E-state index is 12.9. The average Bonchev–Trinajstić information content (AvgIpc) is 3.30. The minimum absolute atomic E-state index is 0.00726. The summed E-state index contributed by atoms with van der Waals surface area (Å²) >= 11 is 6.14. The molecule has 1 aromatic heterocycles. The Labute approximate surface area is 198 Å². The lowest BCUT2D eigenvalue weighted by Crippen LogP contribution is -2.40. The van der Waals surface area contributed by atoms with Crippen LogP contribution in [-0.4, -0.2) is 37.9 Å². The molecule has 2 bridgehead atoms. The third-order valence-corrected chi connectivity index (χ3v) is 7.38. The molecule has 1 saturated carbocycles. The quantitative estimate of drug-likeness (QED) is 0.376. The summed E-state index contributed by atoms with van der Waals surface area (Å²) in [5, 5.41) is 25.8. The summed E-state index contributed by atoms with van der Waals surface area (Å²) in [7, 11) is 0. The molecule has 8 heteroatoms. The van der Waals surface area contributed by atoms with Crippen LogP contribution in [-0.2, 0) is 15.1 Å².